The number of nitrogens with zero attached hydrogens (tertiary/aromatic N) is 2. The Morgan fingerprint density at radius 3 is 2.45 bits per heavy atom. The molecule has 2 aromatic rings. The third kappa shape index (κ3) is 5.62. The normalized spacial score (nSPS) is 13.9. The lowest BCUT2D eigenvalue weighted by Gasteiger charge is -2.18. The quantitative estimate of drug-likeness (QED) is 0.680. The predicted molar refractivity (Wildman–Crippen MR) is 120 cm³/mol. The topological polar surface area (TPSA) is 98.8 Å². The van der Waals surface area contributed by atoms with E-state index in [1.165, 1.54) is 13.1 Å². The highest BCUT2D eigenvalue weighted by Gasteiger charge is 2.24. The van der Waals surface area contributed by atoms with Crippen molar-refractivity contribution in [1.29, 1.82) is 0 Å². The predicted octanol–water partition coefficient (Wildman–Crippen LogP) is 1.96. The molecule has 0 saturated heterocycles. The van der Waals surface area contributed by atoms with Crippen molar-refractivity contribution >= 4 is 33.2 Å². The summed E-state index contributed by atoms with van der Waals surface area (Å²) >= 11 is 0. The second-order valence-corrected chi connectivity index (χ2v) is 9.86. The molecule has 0 saturated carbocycles. The molecule has 1 aliphatic heterocycles. The number of amides is 2. The molecule has 31 heavy (non-hydrogen) atoms. The largest absolute Gasteiger partial charge is 0.378 e. The van der Waals surface area contributed by atoms with E-state index in [4.69, 9.17) is 0 Å². The summed E-state index contributed by atoms with van der Waals surface area (Å²) < 4.78 is 26.9. The van der Waals surface area contributed by atoms with Crippen molar-refractivity contribution in [3.8, 4) is 0 Å². The average Bonchev–Trinajstić information content (AvgIpc) is 2.92. The highest BCUT2D eigenvalue weighted by molar-refractivity contribution is 7.89. The molecule has 0 aliphatic carbocycles. The molecule has 1 aliphatic rings. The number of benzene rings is 2. The van der Waals surface area contributed by atoms with Crippen molar-refractivity contribution in [3.63, 3.8) is 0 Å². The molecule has 166 valence electrons. The summed E-state index contributed by atoms with van der Waals surface area (Å²) in [6.45, 7) is 0.0326. The van der Waals surface area contributed by atoms with Gasteiger partial charge in [0, 0.05) is 45.5 Å². The molecule has 0 spiro atoms. The van der Waals surface area contributed by atoms with E-state index in [0.29, 0.717) is 31.5 Å². The molecule has 0 atom stereocenters. The number of carbonyl (C=O) groups is 2. The first kappa shape index (κ1) is 22.8. The Balaban J connectivity index is 1.62. The van der Waals surface area contributed by atoms with Crippen LogP contribution in [-0.2, 0) is 32.6 Å². The lowest BCUT2D eigenvalue weighted by Crippen LogP contribution is -2.38. The Kier molecular flexibility index (Phi) is 6.97. The van der Waals surface area contributed by atoms with Gasteiger partial charge in [0.1, 0.15) is 0 Å². The van der Waals surface area contributed by atoms with Gasteiger partial charge in [0.05, 0.1) is 11.4 Å². The van der Waals surface area contributed by atoms with Gasteiger partial charge in [-0.3, -0.25) is 9.59 Å². The molecule has 2 N–H and O–H groups in total. The molecule has 1 heterocycles. The smallest absolute Gasteiger partial charge is 0.243 e. The summed E-state index contributed by atoms with van der Waals surface area (Å²) in [6.07, 6.45) is 1.69. The third-order valence-corrected chi connectivity index (χ3v) is 7.02. The summed E-state index contributed by atoms with van der Waals surface area (Å²) in [7, 11) is 1.45. The van der Waals surface area contributed by atoms with Crippen molar-refractivity contribution in [2.75, 3.05) is 37.9 Å². The first-order valence-electron chi connectivity index (χ1n) is 10.1. The molecular formula is C22H28N4O4S. The lowest BCUT2D eigenvalue weighted by atomic mass is 10.1. The summed E-state index contributed by atoms with van der Waals surface area (Å²) in [5.41, 5.74) is 3.41. The average molecular weight is 445 g/mol. The van der Waals surface area contributed by atoms with E-state index >= 15 is 0 Å². The SMILES string of the molecule is CN(C)c1ccc(CNC(=O)CN(C)S(=O)(=O)c2ccc3c(c2)CCCC(=O)N3)cc1. The maximum absolute atomic E-state index is 12.9. The van der Waals surface area contributed by atoms with E-state index in [1.807, 2.05) is 43.3 Å². The van der Waals surface area contributed by atoms with Gasteiger partial charge in [-0.1, -0.05) is 12.1 Å². The number of fused-ring (bicyclic) bond motifs is 1. The molecule has 0 radical (unpaired) electrons. The minimum absolute atomic E-state index is 0.0699. The van der Waals surface area contributed by atoms with Crippen LogP contribution < -0.4 is 15.5 Å². The molecule has 8 nitrogen and oxygen atoms in total. The molecule has 0 bridgehead atoms. The molecule has 2 amide bonds. The van der Waals surface area contributed by atoms with Gasteiger partial charge < -0.3 is 15.5 Å². The zero-order valence-electron chi connectivity index (χ0n) is 18.0. The molecule has 0 unspecified atom stereocenters. The second-order valence-electron chi connectivity index (χ2n) is 7.82. The van der Waals surface area contributed by atoms with E-state index in [2.05, 4.69) is 10.6 Å². The van der Waals surface area contributed by atoms with Gasteiger partial charge in [-0.2, -0.15) is 4.31 Å². The Morgan fingerprint density at radius 2 is 1.77 bits per heavy atom. The fourth-order valence-corrected chi connectivity index (χ4v) is 4.53. The maximum atomic E-state index is 12.9. The number of carbonyl (C=O) groups excluding carboxylic acids is 2. The van der Waals surface area contributed by atoms with Crippen LogP contribution >= 0.6 is 0 Å². The summed E-state index contributed by atoms with van der Waals surface area (Å²) in [5.74, 6) is -0.454. The Labute approximate surface area is 183 Å². The van der Waals surface area contributed by atoms with E-state index in [-0.39, 0.29) is 23.3 Å². The third-order valence-electron chi connectivity index (χ3n) is 5.22. The molecule has 9 heteroatoms. The Bertz CT molecular complexity index is 1070. The van der Waals surface area contributed by atoms with Crippen LogP contribution in [0.3, 0.4) is 0 Å². The molecule has 2 aromatic carbocycles. The van der Waals surface area contributed by atoms with Crippen LogP contribution in [0, 0.1) is 0 Å². The van der Waals surface area contributed by atoms with Crippen molar-refractivity contribution < 1.29 is 18.0 Å². The van der Waals surface area contributed by atoms with Gasteiger partial charge in [0.15, 0.2) is 0 Å². The maximum Gasteiger partial charge on any atom is 0.243 e. The number of sulfonamides is 1. The van der Waals surface area contributed by atoms with Crippen LogP contribution in [0.25, 0.3) is 0 Å². The Morgan fingerprint density at radius 1 is 1.06 bits per heavy atom. The summed E-state index contributed by atoms with van der Waals surface area (Å²) in [4.78, 5) is 26.1. The van der Waals surface area contributed by atoms with Gasteiger partial charge in [0.25, 0.3) is 0 Å². The second kappa shape index (κ2) is 9.49. The number of hydrogen-bond donors (Lipinski definition) is 2. The summed E-state index contributed by atoms with van der Waals surface area (Å²) in [5, 5.41) is 5.55. The standard InChI is InChI=1S/C22H28N4O4S/c1-25(2)18-9-7-16(8-10-18)14-23-22(28)15-26(3)31(29,30)19-11-12-20-17(13-19)5-4-6-21(27)24-20/h7-13H,4-6,14-15H2,1-3H3,(H,23,28)(H,24,27). The Hall–Kier alpha value is -2.91. The zero-order chi connectivity index (χ0) is 22.6. The number of hydrogen-bond acceptors (Lipinski definition) is 5. The lowest BCUT2D eigenvalue weighted by molar-refractivity contribution is -0.121. The van der Waals surface area contributed by atoms with Gasteiger partial charge in [-0.05, 0) is 54.3 Å². The number of aryl methyl sites for hydroxylation is 1. The molecular weight excluding hydrogens is 416 g/mol. The first-order valence-corrected chi connectivity index (χ1v) is 11.5. The number of anilines is 2. The number of nitrogens with one attached hydrogen (secondary N) is 2. The fourth-order valence-electron chi connectivity index (χ4n) is 3.35. The number of likely N-dealkylation sites (N-methyl/N-ethyl adjacent to an activating group) is 1. The van der Waals surface area contributed by atoms with E-state index in [1.54, 1.807) is 12.1 Å². The summed E-state index contributed by atoms with van der Waals surface area (Å²) in [6, 6.07) is 12.4. The van der Waals surface area contributed by atoms with Crippen LogP contribution in [0.15, 0.2) is 47.4 Å². The fraction of sp³-hybridized carbons (Fsp3) is 0.364. The first-order chi connectivity index (χ1) is 14.7. The van der Waals surface area contributed by atoms with Gasteiger partial charge in [-0.25, -0.2) is 8.42 Å². The van der Waals surface area contributed by atoms with Crippen LogP contribution in [0.2, 0.25) is 0 Å². The van der Waals surface area contributed by atoms with Crippen LogP contribution in [0.5, 0.6) is 0 Å². The van der Waals surface area contributed by atoms with Crippen molar-refractivity contribution in [1.82, 2.24) is 9.62 Å². The van der Waals surface area contributed by atoms with Gasteiger partial charge in [-0.15, -0.1) is 0 Å². The van der Waals surface area contributed by atoms with Crippen molar-refractivity contribution in [2.45, 2.75) is 30.7 Å². The van der Waals surface area contributed by atoms with E-state index in [0.717, 1.165) is 21.1 Å². The highest BCUT2D eigenvalue weighted by atomic mass is 32.2. The monoisotopic (exact) mass is 444 g/mol. The zero-order valence-corrected chi connectivity index (χ0v) is 18.8. The van der Waals surface area contributed by atoms with Crippen LogP contribution in [-0.4, -0.2) is 52.2 Å². The molecule has 3 rings (SSSR count). The molecule has 0 aromatic heterocycles. The van der Waals surface area contributed by atoms with E-state index < -0.39 is 10.0 Å². The van der Waals surface area contributed by atoms with Crippen LogP contribution in [0.4, 0.5) is 11.4 Å². The number of rotatable bonds is 7. The molecule has 0 fully saturated rings. The van der Waals surface area contributed by atoms with Crippen molar-refractivity contribution in [3.05, 3.63) is 53.6 Å². The minimum Gasteiger partial charge on any atom is -0.378 e. The van der Waals surface area contributed by atoms with Gasteiger partial charge in [0.2, 0.25) is 21.8 Å². The van der Waals surface area contributed by atoms with Gasteiger partial charge >= 0.3 is 0 Å². The van der Waals surface area contributed by atoms with E-state index in [9.17, 15) is 18.0 Å². The minimum atomic E-state index is -3.84. The highest BCUT2D eigenvalue weighted by Crippen LogP contribution is 2.26. The van der Waals surface area contributed by atoms with Crippen molar-refractivity contribution in [2.24, 2.45) is 0 Å². The van der Waals surface area contributed by atoms with Crippen LogP contribution in [0.1, 0.15) is 24.0 Å².